The van der Waals surface area contributed by atoms with E-state index in [4.69, 9.17) is 4.74 Å². The minimum absolute atomic E-state index is 0.239. The third-order valence-corrected chi connectivity index (χ3v) is 4.47. The van der Waals surface area contributed by atoms with Crippen molar-refractivity contribution < 1.29 is 14.6 Å². The summed E-state index contributed by atoms with van der Waals surface area (Å²) in [7, 11) is 0. The van der Waals surface area contributed by atoms with Gasteiger partial charge in [0.2, 0.25) is 0 Å². The average Bonchev–Trinajstić information content (AvgIpc) is 2.67. The number of carbonyl (C=O) groups is 1. The maximum atomic E-state index is 12.1. The first-order chi connectivity index (χ1) is 13.3. The van der Waals surface area contributed by atoms with Crippen LogP contribution in [0.4, 0.5) is 4.79 Å². The molecule has 0 saturated carbocycles. The lowest BCUT2D eigenvalue weighted by atomic mass is 9.88. The normalized spacial score (nSPS) is 13.7. The highest BCUT2D eigenvalue weighted by molar-refractivity contribution is 5.83. The summed E-state index contributed by atoms with van der Waals surface area (Å²) in [6.07, 6.45) is 1.99. The predicted octanol–water partition coefficient (Wildman–Crippen LogP) is 4.58. The maximum absolute atomic E-state index is 12.1. The molecule has 5 nitrogen and oxygen atoms in total. The van der Waals surface area contributed by atoms with Gasteiger partial charge in [0, 0.05) is 24.9 Å². The maximum Gasteiger partial charge on any atom is 0.407 e. The van der Waals surface area contributed by atoms with Gasteiger partial charge in [-0.05, 0) is 48.7 Å². The van der Waals surface area contributed by atoms with Crippen LogP contribution in [0.25, 0.3) is 10.8 Å². The van der Waals surface area contributed by atoms with Crippen molar-refractivity contribution in [3.8, 4) is 0 Å². The number of hydrogen-bond acceptors (Lipinski definition) is 4. The number of aromatic nitrogens is 1. The highest BCUT2D eigenvalue weighted by Gasteiger charge is 2.25. The van der Waals surface area contributed by atoms with Crippen molar-refractivity contribution in [1.29, 1.82) is 0 Å². The number of ether oxygens (including phenoxy) is 1. The number of rotatable bonds is 5. The number of nitrogens with one attached hydrogen (secondary N) is 1. The number of amides is 1. The fourth-order valence-corrected chi connectivity index (χ4v) is 3.14. The second-order valence-corrected chi connectivity index (χ2v) is 7.83. The van der Waals surface area contributed by atoms with Crippen LogP contribution in [0, 0.1) is 0 Å². The van der Waals surface area contributed by atoms with Crippen molar-refractivity contribution in [2.45, 2.75) is 38.4 Å². The molecule has 1 amide bonds. The van der Waals surface area contributed by atoms with E-state index in [1.54, 1.807) is 18.5 Å². The van der Waals surface area contributed by atoms with Crippen LogP contribution >= 0.6 is 0 Å². The Bertz CT molecular complexity index is 935. The van der Waals surface area contributed by atoms with Crippen molar-refractivity contribution in [2.75, 3.05) is 6.54 Å². The number of carbonyl (C=O) groups excluding carboxylic acids is 1. The highest BCUT2D eigenvalue weighted by Crippen LogP contribution is 2.32. The van der Waals surface area contributed by atoms with Gasteiger partial charge in [0.05, 0.1) is 6.10 Å². The zero-order valence-corrected chi connectivity index (χ0v) is 16.4. The van der Waals surface area contributed by atoms with E-state index in [1.807, 2.05) is 63.2 Å². The molecule has 3 aromatic rings. The monoisotopic (exact) mass is 378 g/mol. The molecule has 0 fully saturated rings. The summed E-state index contributed by atoms with van der Waals surface area (Å²) in [6, 6.07) is 17.8. The van der Waals surface area contributed by atoms with E-state index in [1.165, 1.54) is 0 Å². The van der Waals surface area contributed by atoms with Crippen molar-refractivity contribution in [1.82, 2.24) is 10.3 Å². The Labute approximate surface area is 165 Å². The summed E-state index contributed by atoms with van der Waals surface area (Å²) in [6.45, 7) is 5.69. The molecular formula is C23H26N2O3. The summed E-state index contributed by atoms with van der Waals surface area (Å²) in [5, 5.41) is 16.0. The van der Waals surface area contributed by atoms with Crippen LogP contribution < -0.4 is 5.32 Å². The van der Waals surface area contributed by atoms with Crippen LogP contribution in [0.15, 0.2) is 67.0 Å². The molecule has 0 aliphatic heterocycles. The summed E-state index contributed by atoms with van der Waals surface area (Å²) in [5.41, 5.74) is 1.06. The van der Waals surface area contributed by atoms with Crippen LogP contribution in [-0.4, -0.2) is 28.3 Å². The molecular weight excluding hydrogens is 352 g/mol. The average molecular weight is 378 g/mol. The minimum atomic E-state index is -0.815. The highest BCUT2D eigenvalue weighted by atomic mass is 16.6. The number of aliphatic hydroxyl groups is 1. The predicted molar refractivity (Wildman–Crippen MR) is 110 cm³/mol. The topological polar surface area (TPSA) is 71.5 Å². The molecule has 3 rings (SSSR count). The summed E-state index contributed by atoms with van der Waals surface area (Å²) in [5.74, 6) is -0.346. The molecule has 2 unspecified atom stereocenters. The quantitative estimate of drug-likeness (QED) is 0.682. The summed E-state index contributed by atoms with van der Waals surface area (Å²) < 4.78 is 5.34. The van der Waals surface area contributed by atoms with E-state index in [9.17, 15) is 9.90 Å². The van der Waals surface area contributed by atoms with Gasteiger partial charge in [-0.2, -0.15) is 0 Å². The van der Waals surface area contributed by atoms with Crippen LogP contribution in [0.1, 0.15) is 43.9 Å². The molecule has 0 spiro atoms. The molecule has 0 bridgehead atoms. The molecule has 0 radical (unpaired) electrons. The number of fused-ring (bicyclic) bond motifs is 1. The van der Waals surface area contributed by atoms with Crippen molar-refractivity contribution in [3.63, 3.8) is 0 Å². The van der Waals surface area contributed by atoms with Gasteiger partial charge in [0.1, 0.15) is 5.60 Å². The lowest BCUT2D eigenvalue weighted by Crippen LogP contribution is -2.36. The van der Waals surface area contributed by atoms with Gasteiger partial charge in [-0.25, -0.2) is 4.79 Å². The second-order valence-electron chi connectivity index (χ2n) is 7.83. The third kappa shape index (κ3) is 5.08. The second kappa shape index (κ2) is 8.40. The lowest BCUT2D eigenvalue weighted by molar-refractivity contribution is 0.0509. The molecule has 0 saturated heterocycles. The molecule has 2 aromatic carbocycles. The van der Waals surface area contributed by atoms with Gasteiger partial charge in [-0.15, -0.1) is 0 Å². The zero-order valence-electron chi connectivity index (χ0n) is 16.4. The number of hydrogen-bond donors (Lipinski definition) is 2. The summed E-state index contributed by atoms with van der Waals surface area (Å²) >= 11 is 0. The van der Waals surface area contributed by atoms with Gasteiger partial charge in [0.15, 0.2) is 0 Å². The lowest BCUT2D eigenvalue weighted by Gasteiger charge is -2.26. The smallest absolute Gasteiger partial charge is 0.407 e. The fraction of sp³-hybridized carbons (Fsp3) is 0.304. The Morgan fingerprint density at radius 2 is 1.82 bits per heavy atom. The molecule has 2 atom stereocenters. The Balaban J connectivity index is 1.88. The Kier molecular flexibility index (Phi) is 5.95. The Morgan fingerprint density at radius 1 is 1.07 bits per heavy atom. The first-order valence-corrected chi connectivity index (χ1v) is 9.37. The van der Waals surface area contributed by atoms with E-state index in [0.29, 0.717) is 5.56 Å². The molecule has 0 aliphatic rings. The molecule has 0 aliphatic carbocycles. The van der Waals surface area contributed by atoms with Crippen molar-refractivity contribution in [3.05, 3.63) is 78.1 Å². The molecule has 28 heavy (non-hydrogen) atoms. The zero-order chi connectivity index (χ0) is 20.1. The van der Waals surface area contributed by atoms with E-state index >= 15 is 0 Å². The van der Waals surface area contributed by atoms with Crippen molar-refractivity contribution >= 4 is 16.9 Å². The Hall–Kier alpha value is -2.92. The van der Waals surface area contributed by atoms with Gasteiger partial charge in [-0.3, -0.25) is 4.98 Å². The SMILES string of the molecule is CC(C)(C)OC(=O)NCC(c1ccc2ccccc2c1)C(O)c1cccnc1. The first kappa shape index (κ1) is 19.8. The van der Waals surface area contributed by atoms with Gasteiger partial charge >= 0.3 is 6.09 Å². The first-order valence-electron chi connectivity index (χ1n) is 9.37. The molecule has 5 heteroatoms. The van der Waals surface area contributed by atoms with Crippen LogP contribution in [-0.2, 0) is 4.74 Å². The van der Waals surface area contributed by atoms with E-state index in [-0.39, 0.29) is 12.5 Å². The van der Waals surface area contributed by atoms with Gasteiger partial charge < -0.3 is 15.2 Å². The fourth-order valence-electron chi connectivity index (χ4n) is 3.14. The number of nitrogens with zero attached hydrogens (tertiary/aromatic N) is 1. The van der Waals surface area contributed by atoms with Crippen LogP contribution in [0.2, 0.25) is 0 Å². The third-order valence-electron chi connectivity index (χ3n) is 4.47. The van der Waals surface area contributed by atoms with E-state index in [2.05, 4.69) is 16.4 Å². The van der Waals surface area contributed by atoms with Crippen molar-refractivity contribution in [2.24, 2.45) is 0 Å². The number of benzene rings is 2. The van der Waals surface area contributed by atoms with E-state index < -0.39 is 17.8 Å². The number of alkyl carbamates (subject to hydrolysis) is 1. The molecule has 2 N–H and O–H groups in total. The van der Waals surface area contributed by atoms with Crippen LogP contribution in [0.5, 0.6) is 0 Å². The summed E-state index contributed by atoms with van der Waals surface area (Å²) in [4.78, 5) is 16.2. The minimum Gasteiger partial charge on any atom is -0.444 e. The van der Waals surface area contributed by atoms with Gasteiger partial charge in [-0.1, -0.05) is 48.5 Å². The molecule has 1 aromatic heterocycles. The molecule has 146 valence electrons. The number of aliphatic hydroxyl groups excluding tert-OH is 1. The Morgan fingerprint density at radius 3 is 2.50 bits per heavy atom. The standard InChI is InChI=1S/C23H26N2O3/c1-23(2,3)28-22(27)25-15-20(21(26)19-9-6-12-24-14-19)18-11-10-16-7-4-5-8-17(16)13-18/h4-14,20-21,26H,15H2,1-3H3,(H,25,27). The number of pyridine rings is 1. The van der Waals surface area contributed by atoms with Crippen LogP contribution in [0.3, 0.4) is 0 Å². The van der Waals surface area contributed by atoms with Gasteiger partial charge in [0.25, 0.3) is 0 Å². The molecule has 1 heterocycles. The van der Waals surface area contributed by atoms with E-state index in [0.717, 1.165) is 16.3 Å². The largest absolute Gasteiger partial charge is 0.444 e.